The molecule has 0 aromatic carbocycles. The molecular formula is C9H16N2O. The Hall–Kier alpha value is -0.830. The third-order valence-electron chi connectivity index (χ3n) is 1.66. The van der Waals surface area contributed by atoms with Crippen molar-refractivity contribution in [2.45, 2.75) is 26.8 Å². The molecule has 3 heteroatoms. The zero-order valence-corrected chi connectivity index (χ0v) is 7.92. The molecule has 1 heterocycles. The van der Waals surface area contributed by atoms with Crippen LogP contribution in [0.2, 0.25) is 0 Å². The van der Waals surface area contributed by atoms with Crippen molar-refractivity contribution in [3.8, 4) is 0 Å². The highest BCUT2D eigenvalue weighted by atomic mass is 16.3. The fourth-order valence-electron chi connectivity index (χ4n) is 1.14. The summed E-state index contributed by atoms with van der Waals surface area (Å²) in [6.07, 6.45) is 2.49. The van der Waals surface area contributed by atoms with E-state index in [4.69, 9.17) is 4.42 Å². The van der Waals surface area contributed by atoms with Gasteiger partial charge in [0.15, 0.2) is 6.39 Å². The molecule has 0 aliphatic heterocycles. The second kappa shape index (κ2) is 4.26. The second-order valence-corrected chi connectivity index (χ2v) is 3.35. The monoisotopic (exact) mass is 168 g/mol. The van der Waals surface area contributed by atoms with Crippen LogP contribution in [-0.2, 0) is 13.0 Å². The molecule has 1 rings (SSSR count). The van der Waals surface area contributed by atoms with Gasteiger partial charge in [-0.3, -0.25) is 0 Å². The Morgan fingerprint density at radius 3 is 2.92 bits per heavy atom. The van der Waals surface area contributed by atoms with Gasteiger partial charge in [-0.15, -0.1) is 0 Å². The Labute approximate surface area is 73.2 Å². The lowest BCUT2D eigenvalue weighted by molar-refractivity contribution is 0.464. The fourth-order valence-corrected chi connectivity index (χ4v) is 1.14. The van der Waals surface area contributed by atoms with E-state index in [1.807, 2.05) is 7.05 Å². The van der Waals surface area contributed by atoms with Crippen molar-refractivity contribution < 1.29 is 4.42 Å². The van der Waals surface area contributed by atoms with Crippen molar-refractivity contribution in [2.75, 3.05) is 7.05 Å². The SMILES string of the molecule is CNCc1ncoc1CC(C)C. The van der Waals surface area contributed by atoms with Crippen LogP contribution in [0.3, 0.4) is 0 Å². The van der Waals surface area contributed by atoms with Gasteiger partial charge in [-0.2, -0.15) is 0 Å². The molecule has 0 saturated carbocycles. The molecular weight excluding hydrogens is 152 g/mol. The van der Waals surface area contributed by atoms with Crippen LogP contribution in [0, 0.1) is 5.92 Å². The third kappa shape index (κ3) is 2.34. The molecule has 0 fully saturated rings. The molecule has 1 aromatic rings. The Balaban J connectivity index is 2.63. The van der Waals surface area contributed by atoms with E-state index < -0.39 is 0 Å². The van der Waals surface area contributed by atoms with Gasteiger partial charge in [0.25, 0.3) is 0 Å². The van der Waals surface area contributed by atoms with Gasteiger partial charge in [0.1, 0.15) is 5.76 Å². The van der Waals surface area contributed by atoms with Crippen molar-refractivity contribution in [3.63, 3.8) is 0 Å². The van der Waals surface area contributed by atoms with E-state index >= 15 is 0 Å². The summed E-state index contributed by atoms with van der Waals surface area (Å²) < 4.78 is 5.28. The highest BCUT2D eigenvalue weighted by molar-refractivity contribution is 5.07. The first-order chi connectivity index (χ1) is 5.74. The Kier molecular flexibility index (Phi) is 3.29. The van der Waals surface area contributed by atoms with Gasteiger partial charge >= 0.3 is 0 Å². The molecule has 12 heavy (non-hydrogen) atoms. The van der Waals surface area contributed by atoms with Gasteiger partial charge in [0, 0.05) is 13.0 Å². The first-order valence-corrected chi connectivity index (χ1v) is 4.30. The van der Waals surface area contributed by atoms with Gasteiger partial charge in [-0.1, -0.05) is 13.8 Å². The molecule has 0 unspecified atom stereocenters. The molecule has 0 aliphatic carbocycles. The van der Waals surface area contributed by atoms with Crippen molar-refractivity contribution in [1.82, 2.24) is 10.3 Å². The zero-order chi connectivity index (χ0) is 8.97. The van der Waals surface area contributed by atoms with Crippen molar-refractivity contribution >= 4 is 0 Å². The highest BCUT2D eigenvalue weighted by Gasteiger charge is 2.08. The number of nitrogens with zero attached hydrogens (tertiary/aromatic N) is 1. The second-order valence-electron chi connectivity index (χ2n) is 3.35. The summed E-state index contributed by atoms with van der Waals surface area (Å²) >= 11 is 0. The number of hydrogen-bond donors (Lipinski definition) is 1. The predicted molar refractivity (Wildman–Crippen MR) is 47.8 cm³/mol. The molecule has 3 nitrogen and oxygen atoms in total. The molecule has 0 bridgehead atoms. The van der Waals surface area contributed by atoms with E-state index in [0.29, 0.717) is 5.92 Å². The van der Waals surface area contributed by atoms with Crippen LogP contribution in [0.1, 0.15) is 25.3 Å². The minimum absolute atomic E-state index is 0.619. The summed E-state index contributed by atoms with van der Waals surface area (Å²) in [5.41, 5.74) is 1.03. The van der Waals surface area contributed by atoms with Crippen LogP contribution < -0.4 is 5.32 Å². The smallest absolute Gasteiger partial charge is 0.181 e. The van der Waals surface area contributed by atoms with Crippen LogP contribution in [0.15, 0.2) is 10.8 Å². The molecule has 0 atom stereocenters. The van der Waals surface area contributed by atoms with Crippen molar-refractivity contribution in [2.24, 2.45) is 5.92 Å². The average Bonchev–Trinajstić information content (AvgIpc) is 2.37. The Bertz CT molecular complexity index is 230. The predicted octanol–water partition coefficient (Wildman–Crippen LogP) is 1.59. The molecule has 0 saturated heterocycles. The van der Waals surface area contributed by atoms with E-state index in [0.717, 1.165) is 24.4 Å². The average molecular weight is 168 g/mol. The molecule has 0 amide bonds. The van der Waals surface area contributed by atoms with E-state index in [-0.39, 0.29) is 0 Å². The van der Waals surface area contributed by atoms with Gasteiger partial charge in [-0.05, 0) is 13.0 Å². The summed E-state index contributed by atoms with van der Waals surface area (Å²) in [7, 11) is 1.91. The largest absolute Gasteiger partial charge is 0.448 e. The van der Waals surface area contributed by atoms with Crippen LogP contribution in [0.25, 0.3) is 0 Å². The standard InChI is InChI=1S/C9H16N2O/c1-7(2)4-9-8(5-10-3)11-6-12-9/h6-7,10H,4-5H2,1-3H3. The fraction of sp³-hybridized carbons (Fsp3) is 0.667. The van der Waals surface area contributed by atoms with Gasteiger partial charge in [-0.25, -0.2) is 4.98 Å². The minimum Gasteiger partial charge on any atom is -0.448 e. The van der Waals surface area contributed by atoms with Crippen LogP contribution >= 0.6 is 0 Å². The third-order valence-corrected chi connectivity index (χ3v) is 1.66. The number of rotatable bonds is 4. The van der Waals surface area contributed by atoms with E-state index in [1.165, 1.54) is 6.39 Å². The number of nitrogens with one attached hydrogen (secondary N) is 1. The lowest BCUT2D eigenvalue weighted by Crippen LogP contribution is -2.08. The Morgan fingerprint density at radius 1 is 1.58 bits per heavy atom. The Morgan fingerprint density at radius 2 is 2.33 bits per heavy atom. The molecule has 68 valence electrons. The van der Waals surface area contributed by atoms with Crippen LogP contribution in [-0.4, -0.2) is 12.0 Å². The van der Waals surface area contributed by atoms with Crippen molar-refractivity contribution in [1.29, 1.82) is 0 Å². The maximum Gasteiger partial charge on any atom is 0.181 e. The maximum absolute atomic E-state index is 5.28. The summed E-state index contributed by atoms with van der Waals surface area (Å²) in [6.45, 7) is 5.13. The number of oxazole rings is 1. The lowest BCUT2D eigenvalue weighted by Gasteiger charge is -2.02. The normalized spacial score (nSPS) is 11.0. The summed E-state index contributed by atoms with van der Waals surface area (Å²) in [4.78, 5) is 4.13. The number of hydrogen-bond acceptors (Lipinski definition) is 3. The topological polar surface area (TPSA) is 38.1 Å². The van der Waals surface area contributed by atoms with Gasteiger partial charge in [0.2, 0.25) is 0 Å². The van der Waals surface area contributed by atoms with Crippen LogP contribution in [0.4, 0.5) is 0 Å². The molecule has 0 radical (unpaired) electrons. The quantitative estimate of drug-likeness (QED) is 0.742. The summed E-state index contributed by atoms with van der Waals surface area (Å²) in [5.74, 6) is 1.63. The van der Waals surface area contributed by atoms with Crippen molar-refractivity contribution in [3.05, 3.63) is 17.8 Å². The minimum atomic E-state index is 0.619. The van der Waals surface area contributed by atoms with E-state index in [9.17, 15) is 0 Å². The van der Waals surface area contributed by atoms with Gasteiger partial charge < -0.3 is 9.73 Å². The first kappa shape index (κ1) is 9.26. The number of aromatic nitrogens is 1. The molecule has 0 spiro atoms. The summed E-state index contributed by atoms with van der Waals surface area (Å²) in [6, 6.07) is 0. The van der Waals surface area contributed by atoms with E-state index in [2.05, 4.69) is 24.1 Å². The molecule has 1 N–H and O–H groups in total. The maximum atomic E-state index is 5.28. The highest BCUT2D eigenvalue weighted by Crippen LogP contribution is 2.11. The lowest BCUT2D eigenvalue weighted by atomic mass is 10.1. The summed E-state index contributed by atoms with van der Waals surface area (Å²) in [5, 5.41) is 3.06. The molecule has 1 aromatic heterocycles. The van der Waals surface area contributed by atoms with Gasteiger partial charge in [0.05, 0.1) is 5.69 Å². The first-order valence-electron chi connectivity index (χ1n) is 4.30. The van der Waals surface area contributed by atoms with E-state index in [1.54, 1.807) is 0 Å². The molecule has 0 aliphatic rings. The van der Waals surface area contributed by atoms with Crippen LogP contribution in [0.5, 0.6) is 0 Å². The zero-order valence-electron chi connectivity index (χ0n) is 7.92.